The maximum absolute atomic E-state index is 6.75. The number of nitrogens with zero attached hydrogens (tertiary/aromatic N) is 3. The summed E-state index contributed by atoms with van der Waals surface area (Å²) in [6.45, 7) is 0. The third-order valence-electron chi connectivity index (χ3n) is 12.0. The number of furan rings is 1. The molecule has 0 saturated carbocycles. The average molecular weight is 778 g/mol. The second-order valence-electron chi connectivity index (χ2n) is 15.5. The van der Waals surface area contributed by atoms with Gasteiger partial charge in [0, 0.05) is 33.0 Å². The van der Waals surface area contributed by atoms with E-state index in [0.717, 1.165) is 66.3 Å². The Morgan fingerprint density at radius 2 is 0.689 bits per heavy atom. The van der Waals surface area contributed by atoms with Crippen molar-refractivity contribution in [1.29, 1.82) is 0 Å². The van der Waals surface area contributed by atoms with Gasteiger partial charge in [0.05, 0.1) is 0 Å². The second kappa shape index (κ2) is 14.3. The topological polar surface area (TPSA) is 51.8 Å². The van der Waals surface area contributed by atoms with Gasteiger partial charge in [0.25, 0.3) is 0 Å². The van der Waals surface area contributed by atoms with E-state index >= 15 is 0 Å². The third-order valence-corrected chi connectivity index (χ3v) is 12.0. The highest BCUT2D eigenvalue weighted by atomic mass is 16.3. The van der Waals surface area contributed by atoms with Crippen molar-refractivity contribution in [2.75, 3.05) is 0 Å². The van der Waals surface area contributed by atoms with Gasteiger partial charge in [-0.15, -0.1) is 0 Å². The van der Waals surface area contributed by atoms with Crippen LogP contribution in [0.1, 0.15) is 0 Å². The Morgan fingerprint density at radius 1 is 0.262 bits per heavy atom. The Bertz CT molecular complexity index is 3580. The van der Waals surface area contributed by atoms with Gasteiger partial charge in [-0.2, -0.15) is 0 Å². The van der Waals surface area contributed by atoms with E-state index in [4.69, 9.17) is 19.4 Å². The van der Waals surface area contributed by atoms with E-state index < -0.39 is 0 Å². The highest BCUT2D eigenvalue weighted by Gasteiger charge is 2.20. The van der Waals surface area contributed by atoms with Crippen LogP contribution in [0.3, 0.4) is 0 Å². The van der Waals surface area contributed by atoms with Crippen molar-refractivity contribution in [3.8, 4) is 67.5 Å². The standard InChI is InChI=1S/C57H35N3O/c1-3-13-36(14-4-1)38-25-29-40(30-26-38)43-21-11-22-49-53-50(23-12-24-52(53)61-54(43)49)57-59-55(41-31-27-39(28-32-41)37-15-5-2-6-16-37)58-56(60-57)42-33-34-48-46-19-8-7-17-44(46)45-18-9-10-20-47(45)51(48)35-42/h1-35H. The zero-order chi connectivity index (χ0) is 40.3. The molecule has 4 nitrogen and oxygen atoms in total. The quantitative estimate of drug-likeness (QED) is 0.158. The lowest BCUT2D eigenvalue weighted by Gasteiger charge is -2.13. The van der Waals surface area contributed by atoms with Gasteiger partial charge < -0.3 is 4.42 Å². The van der Waals surface area contributed by atoms with E-state index in [1.165, 1.54) is 38.1 Å². The highest BCUT2D eigenvalue weighted by molar-refractivity contribution is 6.25. The fourth-order valence-electron chi connectivity index (χ4n) is 8.98. The lowest BCUT2D eigenvalue weighted by Crippen LogP contribution is -2.00. The maximum Gasteiger partial charge on any atom is 0.164 e. The minimum atomic E-state index is 0.585. The summed E-state index contributed by atoms with van der Waals surface area (Å²) in [4.78, 5) is 15.8. The van der Waals surface area contributed by atoms with Gasteiger partial charge in [0.1, 0.15) is 11.2 Å². The van der Waals surface area contributed by atoms with Gasteiger partial charge >= 0.3 is 0 Å². The number of rotatable bonds is 6. The van der Waals surface area contributed by atoms with Crippen LogP contribution in [0.5, 0.6) is 0 Å². The molecule has 0 radical (unpaired) electrons. The molecule has 12 aromatic rings. The molecule has 0 atom stereocenters. The smallest absolute Gasteiger partial charge is 0.164 e. The second-order valence-corrected chi connectivity index (χ2v) is 15.5. The first-order chi connectivity index (χ1) is 30.2. The van der Waals surface area contributed by atoms with E-state index in [1.807, 2.05) is 24.3 Å². The molecule has 0 N–H and O–H groups in total. The lowest BCUT2D eigenvalue weighted by molar-refractivity contribution is 0.670. The first-order valence-electron chi connectivity index (χ1n) is 20.6. The Labute approximate surface area is 352 Å². The normalized spacial score (nSPS) is 11.6. The first-order valence-corrected chi connectivity index (χ1v) is 20.6. The minimum absolute atomic E-state index is 0.585. The van der Waals surface area contributed by atoms with Crippen molar-refractivity contribution in [2.24, 2.45) is 0 Å². The largest absolute Gasteiger partial charge is 0.455 e. The van der Waals surface area contributed by atoms with E-state index in [2.05, 4.69) is 188 Å². The molecule has 0 spiro atoms. The van der Waals surface area contributed by atoms with Crippen LogP contribution in [-0.2, 0) is 0 Å². The van der Waals surface area contributed by atoms with E-state index in [1.54, 1.807) is 0 Å². The number of benzene rings is 10. The first kappa shape index (κ1) is 34.8. The average Bonchev–Trinajstić information content (AvgIpc) is 3.74. The molecule has 0 aliphatic carbocycles. The van der Waals surface area contributed by atoms with Gasteiger partial charge in [0.15, 0.2) is 17.5 Å². The van der Waals surface area contributed by atoms with Crippen molar-refractivity contribution < 1.29 is 4.42 Å². The molecule has 0 amide bonds. The highest BCUT2D eigenvalue weighted by Crippen LogP contribution is 2.42. The van der Waals surface area contributed by atoms with Crippen LogP contribution in [0, 0.1) is 0 Å². The van der Waals surface area contributed by atoms with Gasteiger partial charge in [0.2, 0.25) is 0 Å². The summed E-state index contributed by atoms with van der Waals surface area (Å²) in [6, 6.07) is 74.5. The van der Waals surface area contributed by atoms with Crippen LogP contribution in [-0.4, -0.2) is 15.0 Å². The summed E-state index contributed by atoms with van der Waals surface area (Å²) in [7, 11) is 0. The minimum Gasteiger partial charge on any atom is -0.455 e. The molecule has 4 heteroatoms. The molecular formula is C57H35N3O. The monoisotopic (exact) mass is 777 g/mol. The van der Waals surface area contributed by atoms with Crippen LogP contribution in [0.15, 0.2) is 217 Å². The van der Waals surface area contributed by atoms with Gasteiger partial charge in [-0.3, -0.25) is 0 Å². The summed E-state index contributed by atoms with van der Waals surface area (Å²) in [5.74, 6) is 1.80. The van der Waals surface area contributed by atoms with Crippen molar-refractivity contribution in [1.82, 2.24) is 15.0 Å². The van der Waals surface area contributed by atoms with Crippen LogP contribution in [0.4, 0.5) is 0 Å². The van der Waals surface area contributed by atoms with Crippen molar-refractivity contribution >= 4 is 54.3 Å². The summed E-state index contributed by atoms with van der Waals surface area (Å²) >= 11 is 0. The van der Waals surface area contributed by atoms with E-state index in [0.29, 0.717) is 17.5 Å². The Kier molecular flexibility index (Phi) is 8.13. The van der Waals surface area contributed by atoms with Gasteiger partial charge in [-0.05, 0) is 72.3 Å². The van der Waals surface area contributed by atoms with Crippen LogP contribution >= 0.6 is 0 Å². The Hall–Kier alpha value is -8.21. The predicted molar refractivity (Wildman–Crippen MR) is 252 cm³/mol. The molecule has 0 bridgehead atoms. The Balaban J connectivity index is 1.04. The molecule has 0 saturated heterocycles. The van der Waals surface area contributed by atoms with Gasteiger partial charge in [-0.25, -0.2) is 15.0 Å². The predicted octanol–water partition coefficient (Wildman–Crippen LogP) is 15.2. The van der Waals surface area contributed by atoms with Crippen molar-refractivity contribution in [3.63, 3.8) is 0 Å². The lowest BCUT2D eigenvalue weighted by atomic mass is 9.93. The molecule has 2 heterocycles. The number of aromatic nitrogens is 3. The summed E-state index contributed by atoms with van der Waals surface area (Å²) in [5.41, 5.74) is 11.1. The number of para-hydroxylation sites is 1. The molecule has 0 fully saturated rings. The van der Waals surface area contributed by atoms with Crippen LogP contribution in [0.25, 0.3) is 122 Å². The molecule has 0 unspecified atom stereocenters. The zero-order valence-electron chi connectivity index (χ0n) is 33.0. The maximum atomic E-state index is 6.75. The zero-order valence-corrected chi connectivity index (χ0v) is 33.0. The van der Waals surface area contributed by atoms with E-state index in [9.17, 15) is 0 Å². The molecule has 12 rings (SSSR count). The number of fused-ring (bicyclic) bond motifs is 9. The van der Waals surface area contributed by atoms with Gasteiger partial charge in [-0.1, -0.05) is 200 Å². The molecule has 284 valence electrons. The van der Waals surface area contributed by atoms with E-state index in [-0.39, 0.29) is 0 Å². The number of hydrogen-bond donors (Lipinski definition) is 0. The third kappa shape index (κ3) is 5.96. The summed E-state index contributed by atoms with van der Waals surface area (Å²) in [6.07, 6.45) is 0. The number of hydrogen-bond acceptors (Lipinski definition) is 4. The molecule has 61 heavy (non-hydrogen) atoms. The van der Waals surface area contributed by atoms with Crippen LogP contribution < -0.4 is 0 Å². The van der Waals surface area contributed by atoms with Crippen LogP contribution in [0.2, 0.25) is 0 Å². The Morgan fingerprint density at radius 3 is 1.31 bits per heavy atom. The van der Waals surface area contributed by atoms with Crippen molar-refractivity contribution in [3.05, 3.63) is 212 Å². The fourth-order valence-corrected chi connectivity index (χ4v) is 8.98. The molecule has 10 aromatic carbocycles. The molecule has 2 aromatic heterocycles. The molecule has 0 aliphatic rings. The molecule has 0 aliphatic heterocycles. The summed E-state index contributed by atoms with van der Waals surface area (Å²) in [5, 5.41) is 9.23. The molecular weight excluding hydrogens is 743 g/mol. The SMILES string of the molecule is c1ccc(-c2ccc(-c3nc(-c4ccc5c6ccccc6c6ccccc6c5c4)nc(-c4cccc5oc6c(-c7ccc(-c8ccccc8)cc7)cccc6c45)n3)cc2)cc1. The fraction of sp³-hybridized carbons (Fsp3) is 0. The summed E-state index contributed by atoms with van der Waals surface area (Å²) < 4.78 is 6.75. The van der Waals surface area contributed by atoms with Crippen molar-refractivity contribution in [2.45, 2.75) is 0 Å².